The normalized spacial score (nSPS) is 10.9. The molecule has 0 spiro atoms. The van der Waals surface area contributed by atoms with Crippen molar-refractivity contribution in [3.05, 3.63) is 62.6 Å². The predicted octanol–water partition coefficient (Wildman–Crippen LogP) is 5.48. The molecule has 2 aromatic rings. The molecule has 0 amide bonds. The summed E-state index contributed by atoms with van der Waals surface area (Å²) in [4.78, 5) is 0. The predicted molar refractivity (Wildman–Crippen MR) is 105 cm³/mol. The van der Waals surface area contributed by atoms with Gasteiger partial charge in [0.05, 0.1) is 0 Å². The van der Waals surface area contributed by atoms with Crippen molar-refractivity contribution in [3.8, 4) is 5.75 Å². The fourth-order valence-corrected chi connectivity index (χ4v) is 3.11. The first-order chi connectivity index (χ1) is 12.1. The van der Waals surface area contributed by atoms with Crippen LogP contribution in [0.2, 0.25) is 15.1 Å². The summed E-state index contributed by atoms with van der Waals surface area (Å²) < 4.78 is 5.93. The molecule has 0 unspecified atom stereocenters. The average molecular weight is 403 g/mol. The van der Waals surface area contributed by atoms with Crippen molar-refractivity contribution in [2.24, 2.45) is 0 Å². The smallest absolute Gasteiger partial charge is 0.124 e. The molecule has 136 valence electrons. The highest BCUT2D eigenvalue weighted by molar-refractivity contribution is 6.36. The largest absolute Gasteiger partial charge is 0.488 e. The minimum Gasteiger partial charge on any atom is -0.488 e. The lowest BCUT2D eigenvalue weighted by Crippen LogP contribution is -2.15. The second-order valence-corrected chi connectivity index (χ2v) is 6.95. The van der Waals surface area contributed by atoms with Crippen LogP contribution in [0, 0.1) is 0 Å². The number of nitrogens with one attached hydrogen (secondary N) is 1. The van der Waals surface area contributed by atoms with E-state index in [4.69, 9.17) is 44.6 Å². The van der Waals surface area contributed by atoms with Crippen LogP contribution in [-0.2, 0) is 13.2 Å². The number of benzene rings is 2. The van der Waals surface area contributed by atoms with Crippen LogP contribution < -0.4 is 10.1 Å². The minimum absolute atomic E-state index is 0.247. The molecule has 0 bridgehead atoms. The van der Waals surface area contributed by atoms with E-state index in [0.29, 0.717) is 28.2 Å². The summed E-state index contributed by atoms with van der Waals surface area (Å²) in [6.07, 6.45) is 2.87. The highest BCUT2D eigenvalue weighted by Gasteiger charge is 2.09. The summed E-state index contributed by atoms with van der Waals surface area (Å²) in [6.45, 7) is 2.08. The molecule has 2 aromatic carbocycles. The Morgan fingerprint density at radius 3 is 2.44 bits per heavy atom. The van der Waals surface area contributed by atoms with Gasteiger partial charge in [0.15, 0.2) is 0 Å². The van der Waals surface area contributed by atoms with E-state index in [2.05, 4.69) is 5.32 Å². The van der Waals surface area contributed by atoms with Crippen LogP contribution >= 0.6 is 34.8 Å². The van der Waals surface area contributed by atoms with Gasteiger partial charge in [-0.15, -0.1) is 0 Å². The maximum Gasteiger partial charge on any atom is 0.124 e. The van der Waals surface area contributed by atoms with Crippen LogP contribution in [0.15, 0.2) is 36.4 Å². The van der Waals surface area contributed by atoms with Crippen molar-refractivity contribution in [3.63, 3.8) is 0 Å². The third-order valence-electron chi connectivity index (χ3n) is 3.78. The maximum atomic E-state index is 8.79. The first-order valence-corrected chi connectivity index (χ1v) is 9.41. The lowest BCUT2D eigenvalue weighted by Gasteiger charge is -2.14. The third kappa shape index (κ3) is 6.69. The van der Waals surface area contributed by atoms with Crippen LogP contribution in [0.3, 0.4) is 0 Å². The average Bonchev–Trinajstić information content (AvgIpc) is 2.59. The Kier molecular flexibility index (Phi) is 8.87. The Bertz CT molecular complexity index is 659. The lowest BCUT2D eigenvalue weighted by molar-refractivity contribution is 0.282. The molecule has 0 aliphatic rings. The number of halogens is 3. The quantitative estimate of drug-likeness (QED) is 0.517. The Hall–Kier alpha value is -0.970. The highest BCUT2D eigenvalue weighted by Crippen LogP contribution is 2.28. The molecular weight excluding hydrogens is 381 g/mol. The highest BCUT2D eigenvalue weighted by atomic mass is 35.5. The molecule has 0 saturated carbocycles. The molecule has 0 radical (unpaired) electrons. The Labute approximate surface area is 163 Å². The van der Waals surface area contributed by atoms with Gasteiger partial charge in [-0.25, -0.2) is 0 Å². The molecule has 3 nitrogen and oxygen atoms in total. The molecule has 0 saturated heterocycles. The van der Waals surface area contributed by atoms with Crippen molar-refractivity contribution in [1.29, 1.82) is 0 Å². The first-order valence-electron chi connectivity index (χ1n) is 8.27. The van der Waals surface area contributed by atoms with E-state index < -0.39 is 0 Å². The van der Waals surface area contributed by atoms with E-state index in [-0.39, 0.29) is 6.61 Å². The van der Waals surface area contributed by atoms with Crippen molar-refractivity contribution >= 4 is 34.8 Å². The van der Waals surface area contributed by atoms with Crippen molar-refractivity contribution in [2.75, 3.05) is 13.2 Å². The van der Waals surface area contributed by atoms with Gasteiger partial charge in [0.1, 0.15) is 12.4 Å². The fraction of sp³-hybridized carbons (Fsp3) is 0.368. The first kappa shape index (κ1) is 20.3. The van der Waals surface area contributed by atoms with Gasteiger partial charge in [-0.2, -0.15) is 0 Å². The molecular formula is C19H22Cl3NO2. The van der Waals surface area contributed by atoms with E-state index in [1.807, 2.05) is 18.2 Å². The number of hydrogen-bond donors (Lipinski definition) is 2. The number of hydrogen-bond acceptors (Lipinski definition) is 3. The van der Waals surface area contributed by atoms with Gasteiger partial charge in [-0.05, 0) is 56.1 Å². The summed E-state index contributed by atoms with van der Waals surface area (Å²) in [7, 11) is 0. The van der Waals surface area contributed by atoms with Crippen molar-refractivity contribution < 1.29 is 9.84 Å². The van der Waals surface area contributed by atoms with Gasteiger partial charge in [0.2, 0.25) is 0 Å². The minimum atomic E-state index is 0.247. The Morgan fingerprint density at radius 1 is 0.960 bits per heavy atom. The van der Waals surface area contributed by atoms with Crippen LogP contribution in [0.5, 0.6) is 5.75 Å². The lowest BCUT2D eigenvalue weighted by atomic mass is 10.2. The Balaban J connectivity index is 1.96. The van der Waals surface area contributed by atoms with E-state index in [1.165, 1.54) is 0 Å². The van der Waals surface area contributed by atoms with Crippen LogP contribution in [0.1, 0.15) is 30.4 Å². The summed E-state index contributed by atoms with van der Waals surface area (Å²) in [6, 6.07) is 11.0. The zero-order valence-corrected chi connectivity index (χ0v) is 16.2. The number of unbranched alkanes of at least 4 members (excludes halogenated alkanes) is 2. The number of aliphatic hydroxyl groups is 1. The zero-order chi connectivity index (χ0) is 18.1. The molecule has 0 fully saturated rings. The molecule has 0 aromatic heterocycles. The second-order valence-electron chi connectivity index (χ2n) is 5.70. The second kappa shape index (κ2) is 10.9. The van der Waals surface area contributed by atoms with Crippen LogP contribution in [-0.4, -0.2) is 18.3 Å². The molecule has 0 atom stereocenters. The molecule has 2 N–H and O–H groups in total. The molecule has 0 aliphatic carbocycles. The third-order valence-corrected chi connectivity index (χ3v) is 4.73. The Morgan fingerprint density at radius 2 is 1.72 bits per heavy atom. The number of aliphatic hydroxyl groups excluding tert-OH is 1. The topological polar surface area (TPSA) is 41.5 Å². The molecule has 0 heterocycles. The van der Waals surface area contributed by atoms with Gasteiger partial charge in [0.25, 0.3) is 0 Å². The van der Waals surface area contributed by atoms with Gasteiger partial charge in [-0.1, -0.05) is 40.9 Å². The molecule has 0 aliphatic heterocycles. The summed E-state index contributed by atoms with van der Waals surface area (Å²) in [5.74, 6) is 0.753. The van der Waals surface area contributed by atoms with E-state index in [1.54, 1.807) is 18.2 Å². The van der Waals surface area contributed by atoms with Crippen molar-refractivity contribution in [2.45, 2.75) is 32.4 Å². The standard InChI is InChI=1S/C19H22Cl3NO2/c20-15-7-8-19(14(11-15)12-23-9-2-1-3-10-24)25-13-16-17(21)5-4-6-18(16)22/h4-8,11,23-24H,1-3,9-10,12-13H2. The van der Waals surface area contributed by atoms with E-state index in [0.717, 1.165) is 42.7 Å². The van der Waals surface area contributed by atoms with E-state index in [9.17, 15) is 0 Å². The fourth-order valence-electron chi connectivity index (χ4n) is 2.41. The number of rotatable bonds is 10. The summed E-state index contributed by atoms with van der Waals surface area (Å²) in [5, 5.41) is 14.0. The van der Waals surface area contributed by atoms with E-state index >= 15 is 0 Å². The zero-order valence-electron chi connectivity index (χ0n) is 13.9. The SMILES string of the molecule is OCCCCCNCc1cc(Cl)ccc1OCc1c(Cl)cccc1Cl. The molecule has 25 heavy (non-hydrogen) atoms. The van der Waals surface area contributed by atoms with Gasteiger partial charge in [-0.3, -0.25) is 0 Å². The van der Waals surface area contributed by atoms with Gasteiger partial charge < -0.3 is 15.2 Å². The molecule has 6 heteroatoms. The maximum absolute atomic E-state index is 8.79. The molecule has 2 rings (SSSR count). The summed E-state index contributed by atoms with van der Waals surface area (Å²) in [5.41, 5.74) is 1.75. The number of ether oxygens (including phenoxy) is 1. The monoisotopic (exact) mass is 401 g/mol. The summed E-state index contributed by atoms with van der Waals surface area (Å²) >= 11 is 18.5. The van der Waals surface area contributed by atoms with Gasteiger partial charge >= 0.3 is 0 Å². The van der Waals surface area contributed by atoms with Gasteiger partial charge in [0, 0.05) is 39.3 Å². The van der Waals surface area contributed by atoms with Crippen LogP contribution in [0.4, 0.5) is 0 Å². The van der Waals surface area contributed by atoms with Crippen LogP contribution in [0.25, 0.3) is 0 Å². The van der Waals surface area contributed by atoms with Crippen molar-refractivity contribution in [1.82, 2.24) is 5.32 Å².